The van der Waals surface area contributed by atoms with Gasteiger partial charge in [-0.1, -0.05) is 19.1 Å². The normalized spacial score (nSPS) is 15.2. The van der Waals surface area contributed by atoms with Gasteiger partial charge in [0.05, 0.1) is 5.56 Å². The molecule has 1 N–H and O–H groups in total. The van der Waals surface area contributed by atoms with Crippen LogP contribution in [0.3, 0.4) is 0 Å². The van der Waals surface area contributed by atoms with Crippen molar-refractivity contribution in [2.75, 3.05) is 18.5 Å². The Morgan fingerprint density at radius 3 is 2.93 bits per heavy atom. The van der Waals surface area contributed by atoms with Crippen molar-refractivity contribution >= 4 is 28.2 Å². The van der Waals surface area contributed by atoms with Gasteiger partial charge in [-0.2, -0.15) is 5.26 Å². The number of amides is 1. The zero-order valence-corrected chi connectivity index (χ0v) is 16.7. The quantitative estimate of drug-likeness (QED) is 0.751. The van der Waals surface area contributed by atoms with Crippen LogP contribution in [0.4, 0.5) is 5.00 Å². The van der Waals surface area contributed by atoms with Gasteiger partial charge >= 0.3 is 5.97 Å². The highest BCUT2D eigenvalue weighted by Crippen LogP contribution is 2.39. The molecule has 1 aliphatic rings. The van der Waals surface area contributed by atoms with E-state index in [1.165, 1.54) is 11.3 Å². The molecule has 146 valence electrons. The molecule has 0 fully saturated rings. The zero-order chi connectivity index (χ0) is 20.1. The Kier molecular flexibility index (Phi) is 6.32. The van der Waals surface area contributed by atoms with E-state index in [1.54, 1.807) is 6.07 Å². The molecular weight excluding hydrogens is 376 g/mol. The monoisotopic (exact) mass is 398 g/mol. The van der Waals surface area contributed by atoms with Crippen LogP contribution in [0.5, 0.6) is 5.75 Å². The molecule has 0 unspecified atom stereocenters. The summed E-state index contributed by atoms with van der Waals surface area (Å²) in [6.45, 7) is 3.42. The lowest BCUT2D eigenvalue weighted by molar-refractivity contribution is -0.149. The molecule has 0 aliphatic heterocycles. The maximum absolute atomic E-state index is 12.1. The number of hydrogen-bond acceptors (Lipinski definition) is 6. The maximum atomic E-state index is 12.1. The van der Waals surface area contributed by atoms with Gasteiger partial charge < -0.3 is 14.8 Å². The molecule has 3 rings (SSSR count). The Balaban J connectivity index is 1.51. The summed E-state index contributed by atoms with van der Waals surface area (Å²) in [5, 5.41) is 12.7. The van der Waals surface area contributed by atoms with Crippen LogP contribution in [0.1, 0.15) is 34.9 Å². The summed E-state index contributed by atoms with van der Waals surface area (Å²) in [5.41, 5.74) is 2.60. The third-order valence-electron chi connectivity index (χ3n) is 4.59. The fourth-order valence-corrected chi connectivity index (χ4v) is 4.53. The molecule has 0 spiro atoms. The van der Waals surface area contributed by atoms with E-state index in [0.717, 1.165) is 35.3 Å². The summed E-state index contributed by atoms with van der Waals surface area (Å²) < 4.78 is 10.3. The van der Waals surface area contributed by atoms with E-state index in [-0.39, 0.29) is 6.61 Å². The Morgan fingerprint density at radius 2 is 2.18 bits per heavy atom. The number of hydrogen-bond donors (Lipinski definition) is 1. The number of benzene rings is 1. The Hall–Kier alpha value is -2.85. The maximum Gasteiger partial charge on any atom is 0.344 e. The predicted octanol–water partition coefficient (Wildman–Crippen LogP) is 3.61. The largest absolute Gasteiger partial charge is 0.482 e. The fraction of sp³-hybridized carbons (Fsp3) is 0.381. The smallest absolute Gasteiger partial charge is 0.344 e. The van der Waals surface area contributed by atoms with Crippen molar-refractivity contribution in [3.8, 4) is 11.8 Å². The molecule has 1 heterocycles. The van der Waals surface area contributed by atoms with Gasteiger partial charge in [0.2, 0.25) is 0 Å². The van der Waals surface area contributed by atoms with Gasteiger partial charge in [-0.25, -0.2) is 4.79 Å². The number of nitrogens with zero attached hydrogens (tertiary/aromatic N) is 1. The number of rotatable bonds is 6. The zero-order valence-electron chi connectivity index (χ0n) is 15.9. The molecule has 0 radical (unpaired) electrons. The molecule has 0 bridgehead atoms. The van der Waals surface area contributed by atoms with Gasteiger partial charge in [-0.15, -0.1) is 11.3 Å². The van der Waals surface area contributed by atoms with Gasteiger partial charge in [-0.05, 0) is 55.4 Å². The lowest BCUT2D eigenvalue weighted by Crippen LogP contribution is -2.23. The second-order valence-corrected chi connectivity index (χ2v) is 8.09. The van der Waals surface area contributed by atoms with Crippen LogP contribution in [0, 0.1) is 24.2 Å². The van der Waals surface area contributed by atoms with Gasteiger partial charge in [-0.3, -0.25) is 4.79 Å². The van der Waals surface area contributed by atoms with E-state index >= 15 is 0 Å². The molecule has 0 saturated heterocycles. The van der Waals surface area contributed by atoms with Crippen molar-refractivity contribution < 1.29 is 19.1 Å². The molecule has 28 heavy (non-hydrogen) atoms. The molecule has 1 aliphatic carbocycles. The van der Waals surface area contributed by atoms with Crippen LogP contribution < -0.4 is 10.1 Å². The highest BCUT2D eigenvalue weighted by atomic mass is 32.1. The van der Waals surface area contributed by atoms with Crippen molar-refractivity contribution in [1.29, 1.82) is 5.26 Å². The molecule has 1 aromatic heterocycles. The number of aryl methyl sites for hydroxylation is 1. The highest BCUT2D eigenvalue weighted by molar-refractivity contribution is 7.16. The van der Waals surface area contributed by atoms with Crippen molar-refractivity contribution in [3.63, 3.8) is 0 Å². The number of nitriles is 1. The SMILES string of the molecule is Cc1cccc(OCC(=O)OCC(=O)Nc2sc3c(c2C#N)CC[C@H](C)C3)c1. The molecule has 1 amide bonds. The number of ether oxygens (including phenoxy) is 2. The second-order valence-electron chi connectivity index (χ2n) is 6.98. The summed E-state index contributed by atoms with van der Waals surface area (Å²) in [5.74, 6) is 0.0533. The first kappa shape index (κ1) is 19.9. The van der Waals surface area contributed by atoms with Crippen molar-refractivity contribution in [1.82, 2.24) is 0 Å². The molecule has 1 atom stereocenters. The fourth-order valence-electron chi connectivity index (χ4n) is 3.15. The van der Waals surface area contributed by atoms with Gasteiger partial charge in [0.25, 0.3) is 5.91 Å². The van der Waals surface area contributed by atoms with Crippen LogP contribution in [0.25, 0.3) is 0 Å². The molecule has 1 aromatic carbocycles. The summed E-state index contributed by atoms with van der Waals surface area (Å²) in [6, 6.07) is 9.51. The topological polar surface area (TPSA) is 88.4 Å². The number of nitrogens with one attached hydrogen (secondary N) is 1. The van der Waals surface area contributed by atoms with E-state index < -0.39 is 18.5 Å². The summed E-state index contributed by atoms with van der Waals surface area (Å²) in [6.07, 6.45) is 2.83. The highest BCUT2D eigenvalue weighted by Gasteiger charge is 2.24. The summed E-state index contributed by atoms with van der Waals surface area (Å²) in [4.78, 5) is 25.1. The van der Waals surface area contributed by atoms with Crippen LogP contribution in [0.2, 0.25) is 0 Å². The summed E-state index contributed by atoms with van der Waals surface area (Å²) >= 11 is 1.44. The lowest BCUT2D eigenvalue weighted by atomic mass is 9.89. The van der Waals surface area contributed by atoms with Gasteiger partial charge in [0.1, 0.15) is 16.8 Å². The standard InChI is InChI=1S/C21H22N2O4S/c1-13-4-3-5-15(8-13)26-12-20(25)27-11-19(24)23-21-17(10-22)16-7-6-14(2)9-18(16)28-21/h3-5,8,14H,6-7,9,11-12H2,1-2H3,(H,23,24)/t14-/m0/s1. The first-order chi connectivity index (χ1) is 13.5. The van der Waals surface area contributed by atoms with Gasteiger partial charge in [0.15, 0.2) is 13.2 Å². The molecular formula is C21H22N2O4S. The number of esters is 1. The first-order valence-electron chi connectivity index (χ1n) is 9.16. The van der Waals surface area contributed by atoms with Gasteiger partial charge in [0, 0.05) is 4.88 Å². The second kappa shape index (κ2) is 8.89. The van der Waals surface area contributed by atoms with Crippen LogP contribution >= 0.6 is 11.3 Å². The minimum absolute atomic E-state index is 0.272. The number of carbonyl (C=O) groups is 2. The van der Waals surface area contributed by atoms with Crippen molar-refractivity contribution in [2.24, 2.45) is 5.92 Å². The number of fused-ring (bicyclic) bond motifs is 1. The Labute approximate surface area is 168 Å². The molecule has 6 nitrogen and oxygen atoms in total. The van der Waals surface area contributed by atoms with E-state index in [4.69, 9.17) is 9.47 Å². The Morgan fingerprint density at radius 1 is 1.36 bits per heavy atom. The van der Waals surface area contributed by atoms with Crippen molar-refractivity contribution in [3.05, 3.63) is 45.8 Å². The Bertz CT molecular complexity index is 929. The third-order valence-corrected chi connectivity index (χ3v) is 5.76. The summed E-state index contributed by atoms with van der Waals surface area (Å²) in [7, 11) is 0. The third kappa shape index (κ3) is 4.90. The van der Waals surface area contributed by atoms with E-state index in [0.29, 0.717) is 22.2 Å². The average Bonchev–Trinajstić information content (AvgIpc) is 3.00. The minimum atomic E-state index is -0.628. The van der Waals surface area contributed by atoms with E-state index in [9.17, 15) is 14.9 Å². The molecule has 0 saturated carbocycles. The van der Waals surface area contributed by atoms with E-state index in [1.807, 2.05) is 25.1 Å². The number of thiophene rings is 1. The van der Waals surface area contributed by atoms with Crippen LogP contribution in [-0.2, 0) is 27.2 Å². The van der Waals surface area contributed by atoms with E-state index in [2.05, 4.69) is 18.3 Å². The predicted molar refractivity (Wildman–Crippen MR) is 106 cm³/mol. The number of carbonyl (C=O) groups excluding carboxylic acids is 2. The van der Waals surface area contributed by atoms with Crippen LogP contribution in [-0.4, -0.2) is 25.1 Å². The minimum Gasteiger partial charge on any atom is -0.482 e. The number of anilines is 1. The first-order valence-corrected chi connectivity index (χ1v) is 9.97. The van der Waals surface area contributed by atoms with Crippen LogP contribution in [0.15, 0.2) is 24.3 Å². The average molecular weight is 398 g/mol. The molecule has 2 aromatic rings. The molecule has 7 heteroatoms. The van der Waals surface area contributed by atoms with Crippen molar-refractivity contribution in [2.45, 2.75) is 33.1 Å². The lowest BCUT2D eigenvalue weighted by Gasteiger charge is -2.17.